The summed E-state index contributed by atoms with van der Waals surface area (Å²) in [5.74, 6) is 1.12. The Labute approximate surface area is 144 Å². The van der Waals surface area contributed by atoms with Gasteiger partial charge >= 0.3 is 0 Å². The minimum absolute atomic E-state index is 0.114. The lowest BCUT2D eigenvalue weighted by atomic mass is 10.0. The Morgan fingerprint density at radius 3 is 3.04 bits per heavy atom. The molecule has 0 radical (unpaired) electrons. The van der Waals surface area contributed by atoms with Crippen LogP contribution in [0.4, 0.5) is 0 Å². The highest BCUT2D eigenvalue weighted by Crippen LogP contribution is 2.22. The number of benzene rings is 1. The van der Waals surface area contributed by atoms with E-state index in [0.29, 0.717) is 12.3 Å². The van der Waals surface area contributed by atoms with Gasteiger partial charge in [0.05, 0.1) is 0 Å². The predicted molar refractivity (Wildman–Crippen MR) is 97.4 cm³/mol. The van der Waals surface area contributed by atoms with Crippen LogP contribution in [0.25, 0.3) is 11.0 Å². The summed E-state index contributed by atoms with van der Waals surface area (Å²) in [6.45, 7) is 8.64. The molecule has 1 aliphatic rings. The van der Waals surface area contributed by atoms with Crippen molar-refractivity contribution in [2.24, 2.45) is 5.92 Å². The van der Waals surface area contributed by atoms with Crippen LogP contribution in [0.15, 0.2) is 28.7 Å². The van der Waals surface area contributed by atoms with Crippen LogP contribution in [-0.4, -0.2) is 37.0 Å². The number of hydrogen-bond acceptors (Lipinski definition) is 3. The molecule has 1 aromatic carbocycles. The maximum atomic E-state index is 12.2. The zero-order valence-electron chi connectivity index (χ0n) is 14.8. The standard InChI is InChI=1S/C20H28N2O2/c1-15-7-6-12-22(14-15)11-4-3-10-21-20(23)18-13-17-9-5-8-16(2)19(17)24-18/h5,8-9,13,15H,3-4,6-7,10-12,14H2,1-2H3,(H,21,23)/t15-/m1/s1. The van der Waals surface area contributed by atoms with E-state index in [4.69, 9.17) is 4.42 Å². The van der Waals surface area contributed by atoms with E-state index in [1.165, 1.54) is 25.9 Å². The van der Waals surface area contributed by atoms with Gasteiger partial charge in [0.25, 0.3) is 5.91 Å². The SMILES string of the molecule is Cc1cccc2cc(C(=O)NCCCCN3CCC[C@@H](C)C3)oc12. The van der Waals surface area contributed by atoms with Crippen molar-refractivity contribution in [2.45, 2.75) is 39.5 Å². The molecule has 1 fully saturated rings. The molecule has 2 aromatic rings. The smallest absolute Gasteiger partial charge is 0.287 e. The van der Waals surface area contributed by atoms with Crippen LogP contribution in [0.2, 0.25) is 0 Å². The number of likely N-dealkylation sites (tertiary alicyclic amines) is 1. The molecule has 24 heavy (non-hydrogen) atoms. The molecular weight excluding hydrogens is 300 g/mol. The number of fused-ring (bicyclic) bond motifs is 1. The van der Waals surface area contributed by atoms with Crippen LogP contribution in [0.3, 0.4) is 0 Å². The molecule has 3 rings (SSSR count). The van der Waals surface area contributed by atoms with E-state index in [1.54, 1.807) is 0 Å². The number of furan rings is 1. The maximum Gasteiger partial charge on any atom is 0.287 e. The average molecular weight is 328 g/mol. The number of carbonyl (C=O) groups excluding carboxylic acids is 1. The molecule has 1 atom stereocenters. The molecule has 0 aliphatic carbocycles. The van der Waals surface area contributed by atoms with Crippen molar-refractivity contribution in [3.8, 4) is 0 Å². The summed E-state index contributed by atoms with van der Waals surface area (Å²) < 4.78 is 5.70. The third kappa shape index (κ3) is 4.18. The normalized spacial score (nSPS) is 18.8. The van der Waals surface area contributed by atoms with Crippen LogP contribution in [0.1, 0.15) is 48.7 Å². The Morgan fingerprint density at radius 1 is 1.38 bits per heavy atom. The molecule has 1 aromatic heterocycles. The van der Waals surface area contributed by atoms with Crippen LogP contribution < -0.4 is 5.32 Å². The van der Waals surface area contributed by atoms with E-state index in [0.717, 1.165) is 41.8 Å². The van der Waals surface area contributed by atoms with Crippen molar-refractivity contribution in [2.75, 3.05) is 26.2 Å². The van der Waals surface area contributed by atoms with Crippen LogP contribution >= 0.6 is 0 Å². The zero-order chi connectivity index (χ0) is 16.9. The van der Waals surface area contributed by atoms with E-state index in [9.17, 15) is 4.79 Å². The fourth-order valence-electron chi connectivity index (χ4n) is 3.56. The first-order valence-corrected chi connectivity index (χ1v) is 9.13. The number of hydrogen-bond donors (Lipinski definition) is 1. The largest absolute Gasteiger partial charge is 0.451 e. The minimum atomic E-state index is -0.114. The van der Waals surface area contributed by atoms with Gasteiger partial charge in [-0.2, -0.15) is 0 Å². The number of aryl methyl sites for hydroxylation is 1. The fourth-order valence-corrected chi connectivity index (χ4v) is 3.56. The number of carbonyl (C=O) groups is 1. The molecule has 1 amide bonds. The molecule has 1 saturated heterocycles. The molecule has 0 spiro atoms. The van der Waals surface area contributed by atoms with Gasteiger partial charge in [0.2, 0.25) is 0 Å². The number of nitrogens with zero attached hydrogens (tertiary/aromatic N) is 1. The van der Waals surface area contributed by atoms with Crippen molar-refractivity contribution in [1.82, 2.24) is 10.2 Å². The second-order valence-corrected chi connectivity index (χ2v) is 7.11. The van der Waals surface area contributed by atoms with Crippen molar-refractivity contribution in [3.05, 3.63) is 35.6 Å². The quantitative estimate of drug-likeness (QED) is 0.816. The topological polar surface area (TPSA) is 45.5 Å². The Kier molecular flexibility index (Phi) is 5.56. The Morgan fingerprint density at radius 2 is 2.25 bits per heavy atom. The number of piperidine rings is 1. The van der Waals surface area contributed by atoms with Gasteiger partial charge in [-0.15, -0.1) is 0 Å². The lowest BCUT2D eigenvalue weighted by Gasteiger charge is -2.30. The van der Waals surface area contributed by atoms with E-state index < -0.39 is 0 Å². The first kappa shape index (κ1) is 17.0. The summed E-state index contributed by atoms with van der Waals surface area (Å²) in [7, 11) is 0. The van der Waals surface area contributed by atoms with Gasteiger partial charge in [-0.1, -0.05) is 25.1 Å². The molecular formula is C20H28N2O2. The average Bonchev–Trinajstić information content (AvgIpc) is 3.00. The van der Waals surface area contributed by atoms with Gasteiger partial charge in [-0.3, -0.25) is 4.79 Å². The highest BCUT2D eigenvalue weighted by atomic mass is 16.3. The Balaban J connectivity index is 1.41. The highest BCUT2D eigenvalue weighted by molar-refractivity contribution is 5.96. The molecule has 0 unspecified atom stereocenters. The maximum absolute atomic E-state index is 12.2. The third-order valence-electron chi connectivity index (χ3n) is 4.89. The highest BCUT2D eigenvalue weighted by Gasteiger charge is 2.16. The fraction of sp³-hybridized carbons (Fsp3) is 0.550. The number of amides is 1. The summed E-state index contributed by atoms with van der Waals surface area (Å²) in [6, 6.07) is 7.78. The van der Waals surface area contributed by atoms with E-state index in [1.807, 2.05) is 31.2 Å². The summed E-state index contributed by atoms with van der Waals surface area (Å²) in [5, 5.41) is 3.96. The van der Waals surface area contributed by atoms with Gasteiger partial charge in [-0.05, 0) is 63.2 Å². The van der Waals surface area contributed by atoms with E-state index >= 15 is 0 Å². The van der Waals surface area contributed by atoms with Crippen molar-refractivity contribution in [3.63, 3.8) is 0 Å². The number of nitrogens with one attached hydrogen (secondary N) is 1. The van der Waals surface area contributed by atoms with Gasteiger partial charge in [0, 0.05) is 18.5 Å². The van der Waals surface area contributed by atoms with Crippen molar-refractivity contribution in [1.29, 1.82) is 0 Å². The molecule has 2 heterocycles. The number of para-hydroxylation sites is 1. The lowest BCUT2D eigenvalue weighted by Crippen LogP contribution is -2.35. The zero-order valence-corrected chi connectivity index (χ0v) is 14.8. The molecule has 0 saturated carbocycles. The van der Waals surface area contributed by atoms with Crippen molar-refractivity contribution < 1.29 is 9.21 Å². The van der Waals surface area contributed by atoms with E-state index in [-0.39, 0.29) is 5.91 Å². The summed E-state index contributed by atoms with van der Waals surface area (Å²) in [5.41, 5.74) is 1.86. The first-order chi connectivity index (χ1) is 11.6. The molecule has 130 valence electrons. The van der Waals surface area contributed by atoms with Gasteiger partial charge in [0.15, 0.2) is 5.76 Å². The molecule has 0 bridgehead atoms. The van der Waals surface area contributed by atoms with Crippen LogP contribution in [0, 0.1) is 12.8 Å². The number of unbranched alkanes of at least 4 members (excludes halogenated alkanes) is 1. The summed E-state index contributed by atoms with van der Waals surface area (Å²) in [4.78, 5) is 14.8. The minimum Gasteiger partial charge on any atom is -0.451 e. The number of rotatable bonds is 6. The molecule has 1 aliphatic heterocycles. The lowest BCUT2D eigenvalue weighted by molar-refractivity contribution is 0.0926. The van der Waals surface area contributed by atoms with Gasteiger partial charge in [-0.25, -0.2) is 0 Å². The molecule has 4 nitrogen and oxygen atoms in total. The summed E-state index contributed by atoms with van der Waals surface area (Å²) in [6.07, 6.45) is 4.83. The van der Waals surface area contributed by atoms with Crippen molar-refractivity contribution >= 4 is 16.9 Å². The van der Waals surface area contributed by atoms with Gasteiger partial charge < -0.3 is 14.6 Å². The van der Waals surface area contributed by atoms with Crippen LogP contribution in [-0.2, 0) is 0 Å². The first-order valence-electron chi connectivity index (χ1n) is 9.13. The predicted octanol–water partition coefficient (Wildman–Crippen LogP) is 3.98. The Hall–Kier alpha value is -1.81. The van der Waals surface area contributed by atoms with E-state index in [2.05, 4.69) is 17.1 Å². The summed E-state index contributed by atoms with van der Waals surface area (Å²) >= 11 is 0. The monoisotopic (exact) mass is 328 g/mol. The second kappa shape index (κ2) is 7.84. The second-order valence-electron chi connectivity index (χ2n) is 7.11. The molecule has 1 N–H and O–H groups in total. The van der Waals surface area contributed by atoms with Gasteiger partial charge in [0.1, 0.15) is 5.58 Å². The molecule has 4 heteroatoms. The third-order valence-corrected chi connectivity index (χ3v) is 4.89. The van der Waals surface area contributed by atoms with Crippen LogP contribution in [0.5, 0.6) is 0 Å². The Bertz CT molecular complexity index is 692.